The number of nitrogens with zero attached hydrogens (tertiary/aromatic N) is 2. The van der Waals surface area contributed by atoms with Gasteiger partial charge in [-0.2, -0.15) is 0 Å². The van der Waals surface area contributed by atoms with Gasteiger partial charge < -0.3 is 14.5 Å². The average molecular weight is 497 g/mol. The maximum atomic E-state index is 13.6. The highest BCUT2D eigenvalue weighted by Crippen LogP contribution is 2.36. The van der Waals surface area contributed by atoms with Crippen molar-refractivity contribution >= 4 is 29.4 Å². The predicted molar refractivity (Wildman–Crippen MR) is 135 cm³/mol. The standard InChI is InChI=1S/C28H33ClN2O4/c1-3-35-28(34)23-8-5-15-30(17-23)26(32)22-11-14-25(21-7-4-6-19(2)16-21)31(18-22)27(33)20-9-12-24(29)13-10-20/h4,6-7,9-10,12-13,16,22-23,25H,3,5,8,11,14-15,17-18H2,1-2H3/t22-,23+,25-/m0/s1. The topological polar surface area (TPSA) is 66.9 Å². The molecule has 0 saturated carbocycles. The van der Waals surface area contributed by atoms with Crippen LogP contribution in [0.3, 0.4) is 0 Å². The van der Waals surface area contributed by atoms with Crippen LogP contribution in [0, 0.1) is 18.8 Å². The van der Waals surface area contributed by atoms with E-state index in [0.717, 1.165) is 24.0 Å². The third-order valence-electron chi connectivity index (χ3n) is 7.06. The lowest BCUT2D eigenvalue weighted by atomic mass is 9.86. The third kappa shape index (κ3) is 5.87. The monoisotopic (exact) mass is 496 g/mol. The predicted octanol–water partition coefficient (Wildman–Crippen LogP) is 5.04. The number of aryl methyl sites for hydroxylation is 1. The van der Waals surface area contributed by atoms with Gasteiger partial charge in [-0.3, -0.25) is 14.4 Å². The Morgan fingerprint density at radius 1 is 1.00 bits per heavy atom. The largest absolute Gasteiger partial charge is 0.466 e. The highest BCUT2D eigenvalue weighted by molar-refractivity contribution is 6.30. The summed E-state index contributed by atoms with van der Waals surface area (Å²) in [6, 6.07) is 15.0. The van der Waals surface area contributed by atoms with E-state index in [1.807, 2.05) is 24.0 Å². The van der Waals surface area contributed by atoms with Crippen LogP contribution >= 0.6 is 11.6 Å². The van der Waals surface area contributed by atoms with E-state index < -0.39 is 0 Å². The van der Waals surface area contributed by atoms with Crippen molar-refractivity contribution in [2.45, 2.75) is 45.6 Å². The molecule has 2 amide bonds. The van der Waals surface area contributed by atoms with Crippen molar-refractivity contribution in [2.75, 3.05) is 26.2 Å². The van der Waals surface area contributed by atoms with Crippen LogP contribution in [0.15, 0.2) is 48.5 Å². The molecular weight excluding hydrogens is 464 g/mol. The molecule has 0 radical (unpaired) electrons. The zero-order chi connectivity index (χ0) is 24.9. The Balaban J connectivity index is 1.55. The number of carbonyl (C=O) groups excluding carboxylic acids is 3. The van der Waals surface area contributed by atoms with E-state index in [4.69, 9.17) is 16.3 Å². The van der Waals surface area contributed by atoms with Crippen molar-refractivity contribution in [3.63, 3.8) is 0 Å². The Hall–Kier alpha value is -2.86. The number of likely N-dealkylation sites (tertiary alicyclic amines) is 2. The molecule has 0 spiro atoms. The van der Waals surface area contributed by atoms with Crippen LogP contribution in [0.1, 0.15) is 60.1 Å². The van der Waals surface area contributed by atoms with Gasteiger partial charge in [0.2, 0.25) is 5.91 Å². The lowest BCUT2D eigenvalue weighted by Crippen LogP contribution is -2.50. The van der Waals surface area contributed by atoms with Crippen LogP contribution in [0.2, 0.25) is 5.02 Å². The van der Waals surface area contributed by atoms with Crippen molar-refractivity contribution in [1.29, 1.82) is 0 Å². The molecular formula is C28H33ClN2O4. The van der Waals surface area contributed by atoms with Gasteiger partial charge in [0.15, 0.2) is 0 Å². The zero-order valence-electron chi connectivity index (χ0n) is 20.4. The van der Waals surface area contributed by atoms with Gasteiger partial charge in [-0.25, -0.2) is 0 Å². The van der Waals surface area contributed by atoms with Gasteiger partial charge in [-0.05, 0) is 69.4 Å². The lowest BCUT2D eigenvalue weighted by molar-refractivity contribution is -0.152. The molecule has 35 heavy (non-hydrogen) atoms. The molecule has 0 bridgehead atoms. The first-order valence-corrected chi connectivity index (χ1v) is 12.8. The smallest absolute Gasteiger partial charge is 0.310 e. The summed E-state index contributed by atoms with van der Waals surface area (Å²) in [5, 5.41) is 0.574. The maximum Gasteiger partial charge on any atom is 0.310 e. The Kier molecular flexibility index (Phi) is 8.11. The normalized spacial score (nSPS) is 22.5. The summed E-state index contributed by atoms with van der Waals surface area (Å²) < 4.78 is 5.19. The van der Waals surface area contributed by atoms with E-state index in [-0.39, 0.29) is 35.7 Å². The maximum absolute atomic E-state index is 13.6. The first-order valence-electron chi connectivity index (χ1n) is 12.5. The molecule has 2 aromatic rings. The van der Waals surface area contributed by atoms with E-state index in [1.165, 1.54) is 0 Å². The number of piperidine rings is 2. The first-order chi connectivity index (χ1) is 16.9. The van der Waals surface area contributed by atoms with Gasteiger partial charge in [-0.15, -0.1) is 0 Å². The van der Waals surface area contributed by atoms with Crippen LogP contribution in [-0.4, -0.2) is 53.8 Å². The number of amides is 2. The quantitative estimate of drug-likeness (QED) is 0.544. The fourth-order valence-electron chi connectivity index (χ4n) is 5.27. The van der Waals surface area contributed by atoms with E-state index in [0.29, 0.717) is 49.7 Å². The minimum atomic E-state index is -0.298. The summed E-state index contributed by atoms with van der Waals surface area (Å²) in [6.07, 6.45) is 2.92. The summed E-state index contributed by atoms with van der Waals surface area (Å²) in [7, 11) is 0. The van der Waals surface area contributed by atoms with Crippen molar-refractivity contribution in [1.82, 2.24) is 9.80 Å². The Labute approximate surface area is 212 Å². The fraction of sp³-hybridized carbons (Fsp3) is 0.464. The van der Waals surface area contributed by atoms with E-state index >= 15 is 0 Å². The minimum Gasteiger partial charge on any atom is -0.466 e. The molecule has 2 fully saturated rings. The highest BCUT2D eigenvalue weighted by Gasteiger charge is 2.39. The van der Waals surface area contributed by atoms with Gasteiger partial charge in [-0.1, -0.05) is 41.4 Å². The van der Waals surface area contributed by atoms with Gasteiger partial charge >= 0.3 is 5.97 Å². The summed E-state index contributed by atoms with van der Waals surface area (Å²) in [6.45, 7) is 5.55. The molecule has 6 nitrogen and oxygen atoms in total. The van der Waals surface area contributed by atoms with Crippen molar-refractivity contribution in [2.24, 2.45) is 11.8 Å². The molecule has 186 valence electrons. The number of hydrogen-bond acceptors (Lipinski definition) is 4. The van der Waals surface area contributed by atoms with Crippen LogP contribution in [0.5, 0.6) is 0 Å². The molecule has 4 rings (SSSR count). The molecule has 0 N–H and O–H groups in total. The number of hydrogen-bond donors (Lipinski definition) is 0. The number of benzene rings is 2. The molecule has 2 aliphatic heterocycles. The molecule has 0 unspecified atom stereocenters. The van der Waals surface area contributed by atoms with Crippen molar-refractivity contribution in [3.05, 3.63) is 70.2 Å². The summed E-state index contributed by atoms with van der Waals surface area (Å²) in [5.41, 5.74) is 2.77. The van der Waals surface area contributed by atoms with Gasteiger partial charge in [0, 0.05) is 30.2 Å². The molecule has 2 aliphatic rings. The van der Waals surface area contributed by atoms with Crippen molar-refractivity contribution < 1.29 is 19.1 Å². The van der Waals surface area contributed by atoms with Gasteiger partial charge in [0.05, 0.1) is 24.5 Å². The number of ether oxygens (including phenoxy) is 1. The molecule has 2 aromatic carbocycles. The van der Waals surface area contributed by atoms with E-state index in [1.54, 1.807) is 36.1 Å². The second-order valence-electron chi connectivity index (χ2n) is 9.54. The zero-order valence-corrected chi connectivity index (χ0v) is 21.2. The third-order valence-corrected chi connectivity index (χ3v) is 7.32. The van der Waals surface area contributed by atoms with Gasteiger partial charge in [0.25, 0.3) is 5.91 Å². The molecule has 7 heteroatoms. The average Bonchev–Trinajstić information content (AvgIpc) is 2.88. The number of esters is 1. The summed E-state index contributed by atoms with van der Waals surface area (Å²) in [5.74, 6) is -0.881. The molecule has 3 atom stereocenters. The Bertz CT molecular complexity index is 1070. The fourth-order valence-corrected chi connectivity index (χ4v) is 5.39. The Morgan fingerprint density at radius 2 is 1.77 bits per heavy atom. The summed E-state index contributed by atoms with van der Waals surface area (Å²) >= 11 is 6.04. The van der Waals surface area contributed by atoms with Crippen molar-refractivity contribution in [3.8, 4) is 0 Å². The van der Waals surface area contributed by atoms with E-state index in [2.05, 4.69) is 12.1 Å². The molecule has 2 heterocycles. The second kappa shape index (κ2) is 11.3. The number of rotatable bonds is 5. The summed E-state index contributed by atoms with van der Waals surface area (Å²) in [4.78, 5) is 43.1. The molecule has 0 aromatic heterocycles. The lowest BCUT2D eigenvalue weighted by Gasteiger charge is -2.42. The molecule has 0 aliphatic carbocycles. The highest BCUT2D eigenvalue weighted by atomic mass is 35.5. The van der Waals surface area contributed by atoms with Crippen LogP contribution < -0.4 is 0 Å². The van der Waals surface area contributed by atoms with Crippen LogP contribution in [0.25, 0.3) is 0 Å². The second-order valence-corrected chi connectivity index (χ2v) is 9.98. The van der Waals surface area contributed by atoms with Crippen LogP contribution in [0.4, 0.5) is 0 Å². The Morgan fingerprint density at radius 3 is 2.49 bits per heavy atom. The first kappa shape index (κ1) is 25.2. The molecule has 2 saturated heterocycles. The van der Waals surface area contributed by atoms with Crippen LogP contribution in [-0.2, 0) is 14.3 Å². The SMILES string of the molecule is CCOC(=O)[C@@H]1CCCN(C(=O)[C@H]2CC[C@@H](c3cccc(C)c3)N(C(=O)c3ccc(Cl)cc3)C2)C1. The number of halogens is 1. The minimum absolute atomic E-state index is 0.0237. The van der Waals surface area contributed by atoms with E-state index in [9.17, 15) is 14.4 Å². The van der Waals surface area contributed by atoms with Gasteiger partial charge in [0.1, 0.15) is 0 Å². The number of carbonyl (C=O) groups is 3.